The Balaban J connectivity index is 2.30. The minimum absolute atomic E-state index is 0.0866. The molecule has 0 heterocycles. The molecular weight excluding hydrogens is 656 g/mol. The number of Topliss-reactive ketones (excluding diaryl/α,β-unsaturated/α-hetero) is 2. The van der Waals surface area contributed by atoms with Crippen molar-refractivity contribution in [2.75, 3.05) is 28.4 Å². The summed E-state index contributed by atoms with van der Waals surface area (Å²) in [6, 6.07) is 0. The van der Waals surface area contributed by atoms with E-state index in [4.69, 9.17) is 18.9 Å². The van der Waals surface area contributed by atoms with Crippen LogP contribution in [0.5, 0.6) is 0 Å². The molecule has 0 fully saturated rings. The van der Waals surface area contributed by atoms with Crippen molar-refractivity contribution in [3.05, 3.63) is 91.0 Å². The van der Waals surface area contributed by atoms with Crippen molar-refractivity contribution in [1.82, 2.24) is 0 Å². The monoisotopic (exact) mass is 674 g/mol. The Labute approximate surface area is 244 Å². The van der Waals surface area contributed by atoms with Crippen LogP contribution < -0.4 is 0 Å². The van der Waals surface area contributed by atoms with Crippen molar-refractivity contribution >= 4 is 67.3 Å². The number of allylic oxidation sites excluding steroid dienone is 12. The van der Waals surface area contributed by atoms with Crippen LogP contribution in [0.3, 0.4) is 0 Å². The van der Waals surface area contributed by atoms with Crippen LogP contribution in [0, 0.1) is 10.8 Å². The van der Waals surface area contributed by atoms with Gasteiger partial charge < -0.3 is 18.9 Å². The molecule has 0 aromatic rings. The number of ether oxygens (including phenoxy) is 4. The van der Waals surface area contributed by atoms with E-state index < -0.39 is 57.4 Å². The summed E-state index contributed by atoms with van der Waals surface area (Å²) in [5, 5.41) is 0. The van der Waals surface area contributed by atoms with Gasteiger partial charge in [0.15, 0.2) is 22.4 Å². The first-order chi connectivity index (χ1) is 19.0. The third-order valence-corrected chi connectivity index (χ3v) is 7.97. The molecule has 0 unspecified atom stereocenters. The van der Waals surface area contributed by atoms with Crippen LogP contribution in [0.2, 0.25) is 0 Å². The summed E-state index contributed by atoms with van der Waals surface area (Å²) in [7, 11) is 3.99. The molecule has 206 valence electrons. The average Bonchev–Trinajstić information content (AvgIpc) is 3.11. The van der Waals surface area contributed by atoms with Gasteiger partial charge in [-0.25, -0.2) is 9.59 Å². The SMILES string of the molecule is COC(=O)C1=C2C=CC=C(Br)C=C2[C@@](C(=O)OC)([C@@]2(C(=O)OC)C(=O)C(C(=O)OC)=C3C=CC=C(Br)C=C32)C1=O. The summed E-state index contributed by atoms with van der Waals surface area (Å²) in [6.45, 7) is 0. The van der Waals surface area contributed by atoms with Crippen LogP contribution >= 0.6 is 31.9 Å². The van der Waals surface area contributed by atoms with Gasteiger partial charge in [-0.3, -0.25) is 19.2 Å². The molecule has 0 saturated heterocycles. The predicted molar refractivity (Wildman–Crippen MR) is 145 cm³/mol. The molecule has 10 nitrogen and oxygen atoms in total. The molecule has 0 aromatic heterocycles. The zero-order chi connectivity index (χ0) is 29.6. The van der Waals surface area contributed by atoms with Gasteiger partial charge >= 0.3 is 23.9 Å². The Bertz CT molecular complexity index is 1450. The first kappa shape index (κ1) is 29.1. The lowest BCUT2D eigenvalue weighted by Crippen LogP contribution is -2.61. The maximum atomic E-state index is 14.6. The third-order valence-electron chi connectivity index (χ3n) is 6.99. The number of carbonyl (C=O) groups is 6. The summed E-state index contributed by atoms with van der Waals surface area (Å²) in [5.41, 5.74) is -7.59. The number of esters is 4. The van der Waals surface area contributed by atoms with Crippen LogP contribution in [0.25, 0.3) is 0 Å². The van der Waals surface area contributed by atoms with Crippen LogP contribution in [0.1, 0.15) is 0 Å². The van der Waals surface area contributed by atoms with E-state index in [0.717, 1.165) is 28.4 Å². The topological polar surface area (TPSA) is 139 Å². The second kappa shape index (κ2) is 10.6. The highest BCUT2D eigenvalue weighted by atomic mass is 79.9. The molecule has 0 amide bonds. The third kappa shape index (κ3) is 3.66. The highest BCUT2D eigenvalue weighted by Crippen LogP contribution is 2.65. The fraction of sp³-hybridized carbons (Fsp3) is 0.214. The van der Waals surface area contributed by atoms with Crippen LogP contribution in [0.15, 0.2) is 91.0 Å². The Morgan fingerprint density at radius 3 is 1.27 bits per heavy atom. The van der Waals surface area contributed by atoms with Gasteiger partial charge in [0, 0.05) is 8.96 Å². The molecule has 0 saturated carbocycles. The van der Waals surface area contributed by atoms with Crippen molar-refractivity contribution in [3.63, 3.8) is 0 Å². The maximum Gasteiger partial charge on any atom is 0.342 e. The Morgan fingerprint density at radius 2 is 0.975 bits per heavy atom. The quantitative estimate of drug-likeness (QED) is 0.185. The van der Waals surface area contributed by atoms with Gasteiger partial charge in [-0.2, -0.15) is 0 Å². The lowest BCUT2D eigenvalue weighted by atomic mass is 9.54. The standard InChI is InChI=1S/C28H20Br2O10/c1-37-23(33)19-15-9-5-7-13(29)11-17(15)27(21(19)31,25(35)39-3)28(26(36)40-4)18-12-14(30)8-6-10-16(18)20(22(28)32)24(34)38-2/h5-12H,1-4H3/t27-,28-/m1/s1. The van der Waals surface area contributed by atoms with E-state index in [1.807, 2.05) is 0 Å². The highest BCUT2D eigenvalue weighted by Gasteiger charge is 2.79. The van der Waals surface area contributed by atoms with E-state index in [1.165, 1.54) is 36.5 Å². The number of methoxy groups -OCH3 is 4. The van der Waals surface area contributed by atoms with E-state index in [-0.39, 0.29) is 22.3 Å². The molecule has 0 radical (unpaired) electrons. The summed E-state index contributed by atoms with van der Waals surface area (Å²) < 4.78 is 20.6. The molecule has 40 heavy (non-hydrogen) atoms. The van der Waals surface area contributed by atoms with E-state index >= 15 is 0 Å². The zero-order valence-electron chi connectivity index (χ0n) is 21.5. The lowest BCUT2D eigenvalue weighted by Gasteiger charge is -2.42. The molecule has 0 aromatic carbocycles. The Morgan fingerprint density at radius 1 is 0.625 bits per heavy atom. The number of ketones is 2. The van der Waals surface area contributed by atoms with Crippen LogP contribution in [-0.4, -0.2) is 63.9 Å². The average molecular weight is 676 g/mol. The minimum Gasteiger partial charge on any atom is -0.468 e. The number of halogens is 2. The smallest absolute Gasteiger partial charge is 0.342 e. The van der Waals surface area contributed by atoms with Gasteiger partial charge in [0.1, 0.15) is 11.1 Å². The van der Waals surface area contributed by atoms with Gasteiger partial charge in [-0.15, -0.1) is 0 Å². The molecule has 0 spiro atoms. The second-order valence-electron chi connectivity index (χ2n) is 8.64. The summed E-state index contributed by atoms with van der Waals surface area (Å²) in [6.07, 6.45) is 11.5. The van der Waals surface area contributed by atoms with E-state index in [2.05, 4.69) is 31.9 Å². The van der Waals surface area contributed by atoms with Gasteiger partial charge in [0.05, 0.1) is 28.4 Å². The second-order valence-corrected chi connectivity index (χ2v) is 10.5. The fourth-order valence-corrected chi connectivity index (χ4v) is 6.24. The number of hydrogen-bond acceptors (Lipinski definition) is 10. The molecule has 0 N–H and O–H groups in total. The van der Waals surface area contributed by atoms with Gasteiger partial charge in [-0.05, 0) is 46.6 Å². The summed E-state index contributed by atoms with van der Waals surface area (Å²) >= 11 is 6.65. The molecule has 0 bridgehead atoms. The normalized spacial score (nSPS) is 25.1. The van der Waals surface area contributed by atoms with Crippen LogP contribution in [0.4, 0.5) is 0 Å². The minimum atomic E-state index is -2.88. The fourth-order valence-electron chi connectivity index (χ4n) is 5.47. The van der Waals surface area contributed by atoms with E-state index in [0.29, 0.717) is 8.96 Å². The zero-order valence-corrected chi connectivity index (χ0v) is 24.6. The van der Waals surface area contributed by atoms with Crippen LogP contribution in [-0.2, 0) is 47.7 Å². The lowest BCUT2D eigenvalue weighted by molar-refractivity contribution is -0.175. The molecule has 4 rings (SSSR count). The maximum absolute atomic E-state index is 14.6. The molecule has 2 atom stereocenters. The molecular formula is C28H20Br2O10. The van der Waals surface area contributed by atoms with Gasteiger partial charge in [0.25, 0.3) is 0 Å². The van der Waals surface area contributed by atoms with Gasteiger partial charge in [-0.1, -0.05) is 56.2 Å². The van der Waals surface area contributed by atoms with Crippen molar-refractivity contribution < 1.29 is 47.7 Å². The predicted octanol–water partition coefficient (Wildman–Crippen LogP) is 2.96. The highest BCUT2D eigenvalue weighted by molar-refractivity contribution is 9.12. The Kier molecular flexibility index (Phi) is 7.70. The van der Waals surface area contributed by atoms with Crippen molar-refractivity contribution in [2.24, 2.45) is 10.8 Å². The number of carbonyl (C=O) groups excluding carboxylic acids is 6. The van der Waals surface area contributed by atoms with Gasteiger partial charge in [0.2, 0.25) is 0 Å². The first-order valence-electron chi connectivity index (χ1n) is 11.4. The van der Waals surface area contributed by atoms with Crippen molar-refractivity contribution in [2.45, 2.75) is 0 Å². The van der Waals surface area contributed by atoms with Crippen molar-refractivity contribution in [3.8, 4) is 0 Å². The van der Waals surface area contributed by atoms with E-state index in [9.17, 15) is 28.8 Å². The molecule has 12 heteroatoms. The number of fused-ring (bicyclic) bond motifs is 2. The largest absolute Gasteiger partial charge is 0.468 e. The number of hydrogen-bond donors (Lipinski definition) is 0. The summed E-state index contributed by atoms with van der Waals surface area (Å²) in [4.78, 5) is 83.6. The summed E-state index contributed by atoms with van der Waals surface area (Å²) in [5.74, 6) is -7.46. The molecule has 4 aliphatic carbocycles. The Hall–Kier alpha value is -3.90. The van der Waals surface area contributed by atoms with Crippen molar-refractivity contribution in [1.29, 1.82) is 0 Å². The molecule has 4 aliphatic rings. The first-order valence-corrected chi connectivity index (χ1v) is 13.0. The molecule has 0 aliphatic heterocycles. The van der Waals surface area contributed by atoms with E-state index in [1.54, 1.807) is 12.2 Å². The number of rotatable bonds is 5.